The van der Waals surface area contributed by atoms with E-state index >= 15 is 0 Å². The van der Waals surface area contributed by atoms with Crippen LogP contribution in [0.4, 0.5) is 0 Å². The fourth-order valence-corrected chi connectivity index (χ4v) is 2.38. The average molecular weight is 268 g/mol. The van der Waals surface area contributed by atoms with Gasteiger partial charge in [-0.15, -0.1) is 11.3 Å². The number of amides is 1. The third-order valence-corrected chi connectivity index (χ3v) is 3.37. The standard InChI is InChI=1S/C11H10ClN3OS/c12-10-2-1-8(17-10)3-4-15-11(16)9-7-13-5-6-14-9/h1-2,5-7H,3-4H2,(H,15,16). The minimum atomic E-state index is -0.208. The second kappa shape index (κ2) is 5.75. The number of carbonyl (C=O) groups is 1. The van der Waals surface area contributed by atoms with Crippen molar-refractivity contribution in [3.63, 3.8) is 0 Å². The van der Waals surface area contributed by atoms with Gasteiger partial charge in [-0.1, -0.05) is 11.6 Å². The molecule has 2 aromatic heterocycles. The second-order valence-electron chi connectivity index (χ2n) is 3.30. The van der Waals surface area contributed by atoms with Crippen molar-refractivity contribution in [3.05, 3.63) is 45.6 Å². The third kappa shape index (κ3) is 3.51. The highest BCUT2D eigenvalue weighted by Crippen LogP contribution is 2.21. The van der Waals surface area contributed by atoms with Crippen LogP contribution in [0.3, 0.4) is 0 Å². The normalized spacial score (nSPS) is 10.2. The fourth-order valence-electron chi connectivity index (χ4n) is 1.29. The second-order valence-corrected chi connectivity index (χ2v) is 5.10. The number of hydrogen-bond donors (Lipinski definition) is 1. The van der Waals surface area contributed by atoms with Crippen LogP contribution in [0.5, 0.6) is 0 Å². The zero-order chi connectivity index (χ0) is 12.1. The number of halogens is 1. The first-order chi connectivity index (χ1) is 8.25. The SMILES string of the molecule is O=C(NCCc1ccc(Cl)s1)c1cnccn1. The summed E-state index contributed by atoms with van der Waals surface area (Å²) in [6.07, 6.45) is 5.24. The van der Waals surface area contributed by atoms with Crippen molar-refractivity contribution in [1.29, 1.82) is 0 Å². The zero-order valence-corrected chi connectivity index (χ0v) is 10.5. The van der Waals surface area contributed by atoms with Gasteiger partial charge in [0.1, 0.15) is 5.69 Å². The summed E-state index contributed by atoms with van der Waals surface area (Å²) in [5, 5.41) is 2.78. The van der Waals surface area contributed by atoms with Crippen LogP contribution < -0.4 is 5.32 Å². The van der Waals surface area contributed by atoms with Crippen LogP contribution in [-0.4, -0.2) is 22.4 Å². The third-order valence-electron chi connectivity index (χ3n) is 2.08. The average Bonchev–Trinajstić information content (AvgIpc) is 2.76. The molecule has 0 saturated carbocycles. The van der Waals surface area contributed by atoms with Gasteiger partial charge in [-0.25, -0.2) is 4.98 Å². The fraction of sp³-hybridized carbons (Fsp3) is 0.182. The Balaban J connectivity index is 1.81. The molecule has 0 aliphatic heterocycles. The Morgan fingerprint density at radius 1 is 1.41 bits per heavy atom. The summed E-state index contributed by atoms with van der Waals surface area (Å²) in [7, 11) is 0. The highest BCUT2D eigenvalue weighted by atomic mass is 35.5. The van der Waals surface area contributed by atoms with Crippen LogP contribution in [0.15, 0.2) is 30.7 Å². The van der Waals surface area contributed by atoms with Crippen molar-refractivity contribution in [3.8, 4) is 0 Å². The van der Waals surface area contributed by atoms with Gasteiger partial charge in [-0.2, -0.15) is 0 Å². The van der Waals surface area contributed by atoms with Crippen LogP contribution in [-0.2, 0) is 6.42 Å². The van der Waals surface area contributed by atoms with Gasteiger partial charge in [0.15, 0.2) is 0 Å². The number of thiophene rings is 1. The summed E-state index contributed by atoms with van der Waals surface area (Å²) in [5.41, 5.74) is 0.330. The van der Waals surface area contributed by atoms with Gasteiger partial charge in [-0.05, 0) is 18.6 Å². The van der Waals surface area contributed by atoms with Crippen molar-refractivity contribution in [1.82, 2.24) is 15.3 Å². The highest BCUT2D eigenvalue weighted by Gasteiger charge is 2.06. The van der Waals surface area contributed by atoms with E-state index in [9.17, 15) is 4.79 Å². The lowest BCUT2D eigenvalue weighted by molar-refractivity contribution is 0.0949. The van der Waals surface area contributed by atoms with E-state index in [2.05, 4.69) is 15.3 Å². The molecule has 17 heavy (non-hydrogen) atoms. The Labute approximate surface area is 108 Å². The summed E-state index contributed by atoms with van der Waals surface area (Å²) in [4.78, 5) is 20.5. The molecule has 0 aliphatic carbocycles. The number of rotatable bonds is 4. The van der Waals surface area contributed by atoms with E-state index in [-0.39, 0.29) is 5.91 Å². The molecule has 6 heteroatoms. The number of aromatic nitrogens is 2. The predicted molar refractivity (Wildman–Crippen MR) is 67.4 cm³/mol. The maximum atomic E-state index is 11.6. The lowest BCUT2D eigenvalue weighted by Gasteiger charge is -2.02. The zero-order valence-electron chi connectivity index (χ0n) is 8.89. The Kier molecular flexibility index (Phi) is 4.06. The van der Waals surface area contributed by atoms with E-state index in [1.165, 1.54) is 29.9 Å². The van der Waals surface area contributed by atoms with Gasteiger partial charge < -0.3 is 5.32 Å². The predicted octanol–water partition coefficient (Wildman–Crippen LogP) is 2.16. The molecule has 2 rings (SSSR count). The molecule has 1 amide bonds. The summed E-state index contributed by atoms with van der Waals surface area (Å²) in [6.45, 7) is 0.562. The van der Waals surface area contributed by atoms with Crippen LogP contribution in [0.1, 0.15) is 15.4 Å². The number of nitrogens with one attached hydrogen (secondary N) is 1. The Bertz CT molecular complexity index is 500. The monoisotopic (exact) mass is 267 g/mol. The molecule has 1 N–H and O–H groups in total. The molecule has 0 spiro atoms. The largest absolute Gasteiger partial charge is 0.350 e. The van der Waals surface area contributed by atoms with Gasteiger partial charge in [0.25, 0.3) is 5.91 Å². The first kappa shape index (κ1) is 12.0. The summed E-state index contributed by atoms with van der Waals surface area (Å²) >= 11 is 7.33. The summed E-state index contributed by atoms with van der Waals surface area (Å²) in [6, 6.07) is 3.81. The Morgan fingerprint density at radius 2 is 2.29 bits per heavy atom. The van der Waals surface area contributed by atoms with E-state index in [0.717, 1.165) is 15.6 Å². The maximum Gasteiger partial charge on any atom is 0.271 e. The van der Waals surface area contributed by atoms with Gasteiger partial charge in [0.2, 0.25) is 0 Å². The quantitative estimate of drug-likeness (QED) is 0.924. The van der Waals surface area contributed by atoms with Crippen LogP contribution in [0, 0.1) is 0 Å². The first-order valence-corrected chi connectivity index (χ1v) is 6.23. The molecular weight excluding hydrogens is 258 g/mol. The lowest BCUT2D eigenvalue weighted by Crippen LogP contribution is -2.26. The molecule has 0 fully saturated rings. The van der Waals surface area contributed by atoms with Crippen molar-refractivity contribution < 1.29 is 4.79 Å². The first-order valence-electron chi connectivity index (χ1n) is 5.04. The van der Waals surface area contributed by atoms with Gasteiger partial charge in [0, 0.05) is 23.8 Å². The van der Waals surface area contributed by atoms with Crippen LogP contribution in [0.25, 0.3) is 0 Å². The van der Waals surface area contributed by atoms with E-state index in [1.54, 1.807) is 0 Å². The number of hydrogen-bond acceptors (Lipinski definition) is 4. The van der Waals surface area contributed by atoms with Crippen molar-refractivity contribution >= 4 is 28.8 Å². The van der Waals surface area contributed by atoms with Gasteiger partial charge >= 0.3 is 0 Å². The number of carbonyl (C=O) groups excluding carboxylic acids is 1. The molecule has 2 heterocycles. The molecule has 0 aromatic carbocycles. The van der Waals surface area contributed by atoms with Crippen LogP contribution >= 0.6 is 22.9 Å². The molecule has 0 saturated heterocycles. The lowest BCUT2D eigenvalue weighted by atomic mass is 10.3. The van der Waals surface area contributed by atoms with Crippen molar-refractivity contribution in [2.75, 3.05) is 6.54 Å². The van der Waals surface area contributed by atoms with Crippen LogP contribution in [0.2, 0.25) is 4.34 Å². The van der Waals surface area contributed by atoms with E-state index in [1.807, 2.05) is 12.1 Å². The van der Waals surface area contributed by atoms with Crippen molar-refractivity contribution in [2.24, 2.45) is 0 Å². The molecule has 0 radical (unpaired) electrons. The molecule has 88 valence electrons. The molecule has 0 unspecified atom stereocenters. The van der Waals surface area contributed by atoms with E-state index in [0.29, 0.717) is 12.2 Å². The number of nitrogens with zero attached hydrogens (tertiary/aromatic N) is 2. The van der Waals surface area contributed by atoms with Crippen molar-refractivity contribution in [2.45, 2.75) is 6.42 Å². The summed E-state index contributed by atoms with van der Waals surface area (Å²) < 4.78 is 0.764. The maximum absolute atomic E-state index is 11.6. The van der Waals surface area contributed by atoms with Gasteiger partial charge in [0.05, 0.1) is 10.5 Å². The van der Waals surface area contributed by atoms with E-state index < -0.39 is 0 Å². The topological polar surface area (TPSA) is 54.9 Å². The molecule has 2 aromatic rings. The van der Waals surface area contributed by atoms with E-state index in [4.69, 9.17) is 11.6 Å². The highest BCUT2D eigenvalue weighted by molar-refractivity contribution is 7.16. The molecule has 4 nitrogen and oxygen atoms in total. The Hall–Kier alpha value is -1.46. The van der Waals surface area contributed by atoms with Gasteiger partial charge in [-0.3, -0.25) is 9.78 Å². The summed E-state index contributed by atoms with van der Waals surface area (Å²) in [5.74, 6) is -0.208. The molecule has 0 aliphatic rings. The minimum absolute atomic E-state index is 0.208. The minimum Gasteiger partial charge on any atom is -0.350 e. The molecular formula is C11H10ClN3OS. The Morgan fingerprint density at radius 3 is 2.94 bits per heavy atom. The molecule has 0 atom stereocenters. The smallest absolute Gasteiger partial charge is 0.271 e. The molecule has 0 bridgehead atoms.